The molecule has 3 nitrogen and oxygen atoms in total. The summed E-state index contributed by atoms with van der Waals surface area (Å²) < 4.78 is 0. The lowest BCUT2D eigenvalue weighted by Crippen LogP contribution is -2.12. The molecule has 2 aromatic rings. The molecule has 0 saturated heterocycles. The number of hydrogen-bond acceptors (Lipinski definition) is 3. The van der Waals surface area contributed by atoms with Crippen molar-refractivity contribution in [3.05, 3.63) is 50.9 Å². The molecular weight excluding hydrogens is 316 g/mol. The Balaban J connectivity index is 0.000000847. The average Bonchev–Trinajstić information content (AvgIpc) is 2.69. The van der Waals surface area contributed by atoms with E-state index in [2.05, 4.69) is 24.2 Å². The van der Waals surface area contributed by atoms with Crippen molar-refractivity contribution < 1.29 is 4.79 Å². The van der Waals surface area contributed by atoms with Crippen molar-refractivity contribution in [3.63, 3.8) is 0 Å². The van der Waals surface area contributed by atoms with Gasteiger partial charge < -0.3 is 5.32 Å². The predicted molar refractivity (Wildman–Crippen MR) is 95.7 cm³/mol. The molecule has 5 heteroatoms. The first-order valence-corrected chi connectivity index (χ1v) is 8.46. The van der Waals surface area contributed by atoms with Crippen LogP contribution in [0.4, 0.5) is 5.00 Å². The maximum absolute atomic E-state index is 11.8. The highest BCUT2D eigenvalue weighted by molar-refractivity contribution is 7.17. The number of anilines is 1. The number of benzene rings is 1. The van der Waals surface area contributed by atoms with Gasteiger partial charge in [0.15, 0.2) is 0 Å². The quantitative estimate of drug-likeness (QED) is 0.797. The van der Waals surface area contributed by atoms with Gasteiger partial charge in [0.1, 0.15) is 11.5 Å². The van der Waals surface area contributed by atoms with Gasteiger partial charge in [0.2, 0.25) is 5.91 Å². The minimum Gasteiger partial charge on any atom is -0.316 e. The molecule has 1 amide bonds. The largest absolute Gasteiger partial charge is 0.316 e. The van der Waals surface area contributed by atoms with Gasteiger partial charge >= 0.3 is 0 Å². The van der Waals surface area contributed by atoms with Crippen molar-refractivity contribution in [2.75, 3.05) is 11.9 Å². The summed E-state index contributed by atoms with van der Waals surface area (Å²) in [7, 11) is 0. The summed E-state index contributed by atoms with van der Waals surface area (Å²) in [5, 5.41) is 4.51. The van der Waals surface area contributed by atoms with Crippen LogP contribution in [0.1, 0.15) is 35.4 Å². The minimum atomic E-state index is -0.0727. The highest BCUT2D eigenvalue weighted by Gasteiger charge is 2.23. The zero-order valence-corrected chi connectivity index (χ0v) is 14.7. The van der Waals surface area contributed by atoms with Crippen LogP contribution in [0.2, 0.25) is 5.02 Å². The summed E-state index contributed by atoms with van der Waals surface area (Å²) in [6.07, 6.45) is 0. The number of nitrogens with zero attached hydrogens (tertiary/aromatic N) is 1. The van der Waals surface area contributed by atoms with Crippen molar-refractivity contribution in [1.82, 2.24) is 0 Å². The van der Waals surface area contributed by atoms with Crippen LogP contribution >= 0.6 is 22.9 Å². The van der Waals surface area contributed by atoms with E-state index in [0.717, 1.165) is 21.8 Å². The Morgan fingerprint density at radius 2 is 1.82 bits per heavy atom. The molecule has 1 aromatic carbocycles. The van der Waals surface area contributed by atoms with Crippen LogP contribution in [0.15, 0.2) is 29.3 Å². The molecule has 1 N–H and O–H groups in total. The molecule has 0 fully saturated rings. The van der Waals surface area contributed by atoms with E-state index in [1.807, 2.05) is 38.1 Å². The first-order chi connectivity index (χ1) is 10.6. The number of carbonyl (C=O) groups excluding carboxylic acids is 1. The van der Waals surface area contributed by atoms with Gasteiger partial charge in [0.25, 0.3) is 0 Å². The van der Waals surface area contributed by atoms with E-state index in [4.69, 9.17) is 11.6 Å². The Bertz CT molecular complexity index is 717. The maximum atomic E-state index is 11.8. The molecule has 0 unspecified atom stereocenters. The van der Waals surface area contributed by atoms with Crippen LogP contribution in [-0.2, 0) is 4.79 Å². The molecule has 116 valence electrons. The summed E-state index contributed by atoms with van der Waals surface area (Å²) in [5.74, 6) is -0.0727. The van der Waals surface area contributed by atoms with Crippen LogP contribution in [0.3, 0.4) is 0 Å². The molecule has 0 radical (unpaired) electrons. The summed E-state index contributed by atoms with van der Waals surface area (Å²) in [4.78, 5) is 17.4. The van der Waals surface area contributed by atoms with Crippen LogP contribution in [-0.4, -0.2) is 18.2 Å². The smallest absolute Gasteiger partial charge is 0.246 e. The third kappa shape index (κ3) is 3.23. The number of rotatable bonds is 1. The molecule has 1 aliphatic rings. The van der Waals surface area contributed by atoms with E-state index in [-0.39, 0.29) is 12.5 Å². The number of aryl methyl sites for hydroxylation is 1. The Labute approximate surface area is 140 Å². The van der Waals surface area contributed by atoms with Crippen molar-refractivity contribution in [3.8, 4) is 0 Å². The summed E-state index contributed by atoms with van der Waals surface area (Å²) in [6.45, 7) is 8.27. The van der Waals surface area contributed by atoms with Gasteiger partial charge in [0, 0.05) is 21.0 Å². The summed E-state index contributed by atoms with van der Waals surface area (Å²) >= 11 is 7.53. The number of aliphatic imine (C=N–C) groups is 1. The third-order valence-corrected chi connectivity index (χ3v) is 4.75. The van der Waals surface area contributed by atoms with E-state index < -0.39 is 0 Å². The molecule has 0 aliphatic carbocycles. The maximum Gasteiger partial charge on any atom is 0.246 e. The Kier molecular flexibility index (Phi) is 5.37. The number of halogens is 1. The zero-order chi connectivity index (χ0) is 16.3. The molecule has 22 heavy (non-hydrogen) atoms. The lowest BCUT2D eigenvalue weighted by atomic mass is 10.00. The van der Waals surface area contributed by atoms with E-state index in [1.54, 1.807) is 11.3 Å². The second-order valence-corrected chi connectivity index (χ2v) is 6.37. The second kappa shape index (κ2) is 7.07. The molecule has 0 saturated carbocycles. The summed E-state index contributed by atoms with van der Waals surface area (Å²) in [6, 6.07) is 7.56. The first kappa shape index (κ1) is 16.7. The lowest BCUT2D eigenvalue weighted by molar-refractivity contribution is -0.114. The number of nitrogens with one attached hydrogen (secondary N) is 1. The van der Waals surface area contributed by atoms with Gasteiger partial charge in [-0.15, -0.1) is 11.3 Å². The van der Waals surface area contributed by atoms with Crippen LogP contribution in [0.5, 0.6) is 0 Å². The fraction of sp³-hybridized carbons (Fsp3) is 0.294. The van der Waals surface area contributed by atoms with Crippen LogP contribution < -0.4 is 5.32 Å². The van der Waals surface area contributed by atoms with E-state index >= 15 is 0 Å². The Hall–Kier alpha value is -1.65. The van der Waals surface area contributed by atoms with Gasteiger partial charge in [-0.25, -0.2) is 0 Å². The predicted octanol–water partition coefficient (Wildman–Crippen LogP) is 4.83. The van der Waals surface area contributed by atoms with Crippen LogP contribution in [0.25, 0.3) is 0 Å². The number of carbonyl (C=O) groups is 1. The second-order valence-electron chi connectivity index (χ2n) is 4.71. The topological polar surface area (TPSA) is 41.5 Å². The van der Waals surface area contributed by atoms with Gasteiger partial charge in [-0.05, 0) is 31.5 Å². The highest BCUT2D eigenvalue weighted by Crippen LogP contribution is 2.35. The van der Waals surface area contributed by atoms with Gasteiger partial charge in [0.05, 0.1) is 5.71 Å². The summed E-state index contributed by atoms with van der Waals surface area (Å²) in [5.41, 5.74) is 4.03. The van der Waals surface area contributed by atoms with Crippen molar-refractivity contribution in [1.29, 1.82) is 0 Å². The van der Waals surface area contributed by atoms with Crippen molar-refractivity contribution >= 4 is 39.6 Å². The third-order valence-electron chi connectivity index (χ3n) is 3.37. The first-order valence-electron chi connectivity index (χ1n) is 7.27. The fourth-order valence-electron chi connectivity index (χ4n) is 2.24. The molecular formula is C17H19ClN2OS. The SMILES string of the molecule is CC.Cc1sc2c(c1C)C(c1ccc(Cl)cc1)=NCC(=O)N2. The molecule has 3 rings (SSSR count). The van der Waals surface area contributed by atoms with E-state index in [9.17, 15) is 4.79 Å². The van der Waals surface area contributed by atoms with Crippen molar-refractivity contribution in [2.45, 2.75) is 27.7 Å². The zero-order valence-electron chi connectivity index (χ0n) is 13.2. The van der Waals surface area contributed by atoms with E-state index in [1.165, 1.54) is 10.4 Å². The van der Waals surface area contributed by atoms with E-state index in [0.29, 0.717) is 5.02 Å². The molecule has 0 bridgehead atoms. The van der Waals surface area contributed by atoms with Crippen LogP contribution in [0, 0.1) is 13.8 Å². The number of amides is 1. The molecule has 2 heterocycles. The minimum absolute atomic E-state index is 0.0727. The number of thiophene rings is 1. The number of hydrogen-bond donors (Lipinski definition) is 1. The standard InChI is InChI=1S/C15H13ClN2OS.C2H6/c1-8-9(2)20-15-13(8)14(17-7-12(19)18-15)10-3-5-11(16)6-4-10;1-2/h3-6H,7H2,1-2H3,(H,18,19);1-2H3. The van der Waals surface area contributed by atoms with Gasteiger partial charge in [-0.2, -0.15) is 0 Å². The molecule has 1 aromatic heterocycles. The Morgan fingerprint density at radius 1 is 1.18 bits per heavy atom. The molecule has 1 aliphatic heterocycles. The highest BCUT2D eigenvalue weighted by atomic mass is 35.5. The molecule has 0 atom stereocenters. The normalized spacial score (nSPS) is 13.3. The Morgan fingerprint density at radius 3 is 2.45 bits per heavy atom. The lowest BCUT2D eigenvalue weighted by Gasteiger charge is -2.07. The van der Waals surface area contributed by atoms with Gasteiger partial charge in [-0.1, -0.05) is 37.6 Å². The van der Waals surface area contributed by atoms with Crippen molar-refractivity contribution in [2.24, 2.45) is 4.99 Å². The average molecular weight is 335 g/mol. The molecule has 0 spiro atoms. The van der Waals surface area contributed by atoms with Gasteiger partial charge in [-0.3, -0.25) is 9.79 Å². The monoisotopic (exact) mass is 334 g/mol. The fourth-order valence-corrected chi connectivity index (χ4v) is 3.44. The number of fused-ring (bicyclic) bond motifs is 1.